The molecule has 1 saturated heterocycles. The maximum absolute atomic E-state index is 12.9. The fourth-order valence-electron chi connectivity index (χ4n) is 2.59. The molecule has 0 spiro atoms. The summed E-state index contributed by atoms with van der Waals surface area (Å²) in [4.78, 5) is 20.3. The van der Waals surface area contributed by atoms with Gasteiger partial charge in [0.1, 0.15) is 29.7 Å². The molecule has 0 aliphatic carbocycles. The van der Waals surface area contributed by atoms with Crippen LogP contribution in [0.3, 0.4) is 0 Å². The number of nitrogens with one attached hydrogen (secondary N) is 1. The van der Waals surface area contributed by atoms with Gasteiger partial charge in [0, 0.05) is 24.4 Å². The number of nitrogens with zero attached hydrogens (tertiary/aromatic N) is 2. The molecule has 2 aromatic heterocycles. The van der Waals surface area contributed by atoms with Crippen LogP contribution in [0.25, 0.3) is 0 Å². The minimum Gasteiger partial charge on any atom is -0.491 e. The molecule has 0 radical (unpaired) electrons. The zero-order valence-electron chi connectivity index (χ0n) is 14.0. The van der Waals surface area contributed by atoms with Crippen LogP contribution in [0.1, 0.15) is 35.4 Å². The van der Waals surface area contributed by atoms with Crippen molar-refractivity contribution in [2.75, 3.05) is 18.5 Å². The summed E-state index contributed by atoms with van der Waals surface area (Å²) in [6.07, 6.45) is 4.34. The van der Waals surface area contributed by atoms with Gasteiger partial charge in [0.05, 0.1) is 12.3 Å². The summed E-state index contributed by atoms with van der Waals surface area (Å²) in [6, 6.07) is 5.97. The van der Waals surface area contributed by atoms with Crippen molar-refractivity contribution in [1.82, 2.24) is 9.97 Å². The van der Waals surface area contributed by atoms with Crippen molar-refractivity contribution in [3.05, 3.63) is 47.7 Å². The number of amides is 1. The van der Waals surface area contributed by atoms with Gasteiger partial charge in [0.25, 0.3) is 5.91 Å². The van der Waals surface area contributed by atoms with Gasteiger partial charge in [0.2, 0.25) is 0 Å². The topological polar surface area (TPSA) is 73.3 Å². The van der Waals surface area contributed by atoms with Crippen molar-refractivity contribution in [2.45, 2.75) is 32.3 Å². The van der Waals surface area contributed by atoms with E-state index in [1.807, 2.05) is 0 Å². The van der Waals surface area contributed by atoms with E-state index in [0.717, 1.165) is 32.1 Å². The number of aryl methyl sites for hydroxylation is 1. The van der Waals surface area contributed by atoms with E-state index in [0.29, 0.717) is 18.1 Å². The third-order valence-electron chi connectivity index (χ3n) is 3.84. The molecular weight excluding hydrogens is 325 g/mol. The molecule has 0 saturated carbocycles. The molecule has 0 aromatic carbocycles. The van der Waals surface area contributed by atoms with Crippen LogP contribution in [0.2, 0.25) is 0 Å². The zero-order valence-corrected chi connectivity index (χ0v) is 14.0. The SMILES string of the molecule is Cc1cc(OCC2CCCCO2)cc(C(=O)Nc2ccc(F)cn2)n1. The first-order valence-corrected chi connectivity index (χ1v) is 8.26. The van der Waals surface area contributed by atoms with Crippen molar-refractivity contribution in [3.63, 3.8) is 0 Å². The number of carbonyl (C=O) groups excluding carboxylic acids is 1. The fourth-order valence-corrected chi connectivity index (χ4v) is 2.59. The molecule has 1 atom stereocenters. The molecule has 1 amide bonds. The van der Waals surface area contributed by atoms with Crippen LogP contribution in [-0.2, 0) is 4.74 Å². The fraction of sp³-hybridized carbons (Fsp3) is 0.389. The van der Waals surface area contributed by atoms with E-state index in [2.05, 4.69) is 15.3 Å². The lowest BCUT2D eigenvalue weighted by Crippen LogP contribution is -2.26. The summed E-state index contributed by atoms with van der Waals surface area (Å²) in [5.74, 6) is -0.0689. The Bertz CT molecular complexity index is 731. The van der Waals surface area contributed by atoms with Crippen molar-refractivity contribution >= 4 is 11.7 Å². The molecule has 1 aliphatic rings. The predicted molar refractivity (Wildman–Crippen MR) is 90.2 cm³/mol. The first-order chi connectivity index (χ1) is 12.1. The highest BCUT2D eigenvalue weighted by Crippen LogP contribution is 2.18. The zero-order chi connectivity index (χ0) is 17.6. The summed E-state index contributed by atoms with van der Waals surface area (Å²) >= 11 is 0. The van der Waals surface area contributed by atoms with Crippen molar-refractivity contribution in [3.8, 4) is 5.75 Å². The van der Waals surface area contributed by atoms with Gasteiger partial charge in [-0.2, -0.15) is 0 Å². The monoisotopic (exact) mass is 345 g/mol. The number of anilines is 1. The predicted octanol–water partition coefficient (Wildman–Crippen LogP) is 3.12. The van der Waals surface area contributed by atoms with Crippen molar-refractivity contribution < 1.29 is 18.7 Å². The van der Waals surface area contributed by atoms with Gasteiger partial charge in [-0.15, -0.1) is 0 Å². The third kappa shape index (κ3) is 4.96. The van der Waals surface area contributed by atoms with E-state index in [4.69, 9.17) is 9.47 Å². The molecule has 7 heteroatoms. The van der Waals surface area contributed by atoms with Gasteiger partial charge < -0.3 is 14.8 Å². The summed E-state index contributed by atoms with van der Waals surface area (Å²) in [5, 5.41) is 2.59. The molecule has 0 bridgehead atoms. The van der Waals surface area contributed by atoms with Gasteiger partial charge in [-0.3, -0.25) is 4.79 Å². The van der Waals surface area contributed by atoms with E-state index in [9.17, 15) is 9.18 Å². The normalized spacial score (nSPS) is 17.1. The van der Waals surface area contributed by atoms with Gasteiger partial charge in [-0.05, 0) is 38.3 Å². The van der Waals surface area contributed by atoms with Gasteiger partial charge in [-0.1, -0.05) is 0 Å². The Morgan fingerprint density at radius 3 is 3.00 bits per heavy atom. The second-order valence-electron chi connectivity index (χ2n) is 5.94. The van der Waals surface area contributed by atoms with E-state index >= 15 is 0 Å². The number of ether oxygens (including phenoxy) is 2. The first-order valence-electron chi connectivity index (χ1n) is 8.26. The molecule has 3 heterocycles. The van der Waals surface area contributed by atoms with E-state index < -0.39 is 11.7 Å². The average molecular weight is 345 g/mol. The number of hydrogen-bond acceptors (Lipinski definition) is 5. The highest BCUT2D eigenvalue weighted by Gasteiger charge is 2.16. The second-order valence-corrected chi connectivity index (χ2v) is 5.94. The molecule has 1 N–H and O–H groups in total. The number of rotatable bonds is 5. The molecule has 6 nitrogen and oxygen atoms in total. The highest BCUT2D eigenvalue weighted by molar-refractivity contribution is 6.02. The van der Waals surface area contributed by atoms with Crippen LogP contribution in [0.15, 0.2) is 30.5 Å². The van der Waals surface area contributed by atoms with Crippen LogP contribution in [-0.4, -0.2) is 35.2 Å². The summed E-state index contributed by atoms with van der Waals surface area (Å²) in [7, 11) is 0. The van der Waals surface area contributed by atoms with Gasteiger partial charge in [-0.25, -0.2) is 14.4 Å². The lowest BCUT2D eigenvalue weighted by atomic mass is 10.1. The van der Waals surface area contributed by atoms with Crippen LogP contribution in [0, 0.1) is 12.7 Å². The van der Waals surface area contributed by atoms with Crippen LogP contribution >= 0.6 is 0 Å². The quantitative estimate of drug-likeness (QED) is 0.901. The maximum Gasteiger partial charge on any atom is 0.275 e. The molecule has 132 valence electrons. The minimum atomic E-state index is -0.465. The average Bonchev–Trinajstić information content (AvgIpc) is 2.62. The molecular formula is C18H20FN3O3. The number of aromatic nitrogens is 2. The molecule has 1 unspecified atom stereocenters. The van der Waals surface area contributed by atoms with E-state index in [-0.39, 0.29) is 17.6 Å². The van der Waals surface area contributed by atoms with Crippen LogP contribution in [0.4, 0.5) is 10.2 Å². The van der Waals surface area contributed by atoms with E-state index in [1.165, 1.54) is 12.1 Å². The number of pyridine rings is 2. The Morgan fingerprint density at radius 2 is 2.28 bits per heavy atom. The largest absolute Gasteiger partial charge is 0.491 e. The Labute approximate surface area is 145 Å². The Kier molecular flexibility index (Phi) is 5.55. The summed E-state index contributed by atoms with van der Waals surface area (Å²) in [6.45, 7) is 3.00. The van der Waals surface area contributed by atoms with Crippen molar-refractivity contribution in [2.24, 2.45) is 0 Å². The Hall–Kier alpha value is -2.54. The maximum atomic E-state index is 12.9. The molecule has 1 aliphatic heterocycles. The first kappa shape index (κ1) is 17.3. The third-order valence-corrected chi connectivity index (χ3v) is 3.84. The van der Waals surface area contributed by atoms with Crippen molar-refractivity contribution in [1.29, 1.82) is 0 Å². The highest BCUT2D eigenvalue weighted by atomic mass is 19.1. The number of carbonyl (C=O) groups is 1. The van der Waals surface area contributed by atoms with Crippen LogP contribution < -0.4 is 10.1 Å². The minimum absolute atomic E-state index is 0.0860. The van der Waals surface area contributed by atoms with Gasteiger partial charge in [0.15, 0.2) is 0 Å². The number of halogens is 1. The standard InChI is InChI=1S/C18H20FN3O3/c1-12-8-15(25-11-14-4-2-3-7-24-14)9-16(21-12)18(23)22-17-6-5-13(19)10-20-17/h5-6,8-10,14H,2-4,7,11H2,1H3,(H,20,22,23). The van der Waals surface area contributed by atoms with Gasteiger partial charge >= 0.3 is 0 Å². The summed E-state index contributed by atoms with van der Waals surface area (Å²) < 4.78 is 24.3. The van der Waals surface area contributed by atoms with E-state index in [1.54, 1.807) is 19.1 Å². The van der Waals surface area contributed by atoms with Crippen LogP contribution in [0.5, 0.6) is 5.75 Å². The molecule has 3 rings (SSSR count). The number of hydrogen-bond donors (Lipinski definition) is 1. The second kappa shape index (κ2) is 8.02. The molecule has 2 aromatic rings. The summed E-state index contributed by atoms with van der Waals surface area (Å²) in [5.41, 5.74) is 0.880. The Balaban J connectivity index is 1.65. The molecule has 1 fully saturated rings. The molecule has 25 heavy (non-hydrogen) atoms. The lowest BCUT2D eigenvalue weighted by Gasteiger charge is -2.22. The Morgan fingerprint density at radius 1 is 1.40 bits per heavy atom. The smallest absolute Gasteiger partial charge is 0.275 e. The lowest BCUT2D eigenvalue weighted by molar-refractivity contribution is -0.0111.